The summed E-state index contributed by atoms with van der Waals surface area (Å²) in [5.41, 5.74) is 4.90. The minimum Gasteiger partial charge on any atom is -0.493 e. The Morgan fingerprint density at radius 1 is 1.03 bits per heavy atom. The molecule has 2 aromatic heterocycles. The number of hydrogen-bond acceptors (Lipinski definition) is 4. The molecular weight excluding hydrogens is 516 g/mol. The van der Waals surface area contributed by atoms with Crippen molar-refractivity contribution in [2.45, 2.75) is 33.2 Å². The van der Waals surface area contributed by atoms with Gasteiger partial charge in [0, 0.05) is 27.4 Å². The van der Waals surface area contributed by atoms with Crippen LogP contribution in [0.3, 0.4) is 0 Å². The topological polar surface area (TPSA) is 79.8 Å². The number of rotatable bonds is 6. The highest BCUT2D eigenvalue weighted by atomic mass is 79.9. The fourth-order valence-electron chi connectivity index (χ4n) is 4.35. The molecule has 36 heavy (non-hydrogen) atoms. The Morgan fingerprint density at radius 2 is 1.81 bits per heavy atom. The van der Waals surface area contributed by atoms with Gasteiger partial charge in [-0.15, -0.1) is 10.2 Å². The number of unbranched alkanes of at least 4 members (excludes halogenated alkanes) is 1. The number of fused-ring (bicyclic) bond motifs is 2. The molecule has 0 saturated carbocycles. The number of benzene rings is 3. The molecule has 0 aliphatic carbocycles. The molecular formula is C29H25BrN4O2. The first-order chi connectivity index (χ1) is 17.5. The van der Waals surface area contributed by atoms with E-state index < -0.39 is 5.91 Å². The first-order valence-electron chi connectivity index (χ1n) is 11.9. The third kappa shape index (κ3) is 4.54. The van der Waals surface area contributed by atoms with Crippen molar-refractivity contribution in [2.75, 3.05) is 0 Å². The Hall–Kier alpha value is -3.84. The van der Waals surface area contributed by atoms with Gasteiger partial charge in [0.15, 0.2) is 5.69 Å². The quantitative estimate of drug-likeness (QED) is 0.219. The number of amides is 1. The second-order valence-electron chi connectivity index (χ2n) is 8.78. The van der Waals surface area contributed by atoms with Gasteiger partial charge in [-0.25, -0.2) is 4.98 Å². The normalized spacial score (nSPS) is 11.6. The van der Waals surface area contributed by atoms with Gasteiger partial charge in [0.25, 0.3) is 5.91 Å². The molecule has 5 rings (SSSR count). The van der Waals surface area contributed by atoms with Gasteiger partial charge in [0.2, 0.25) is 5.88 Å². The minimum absolute atomic E-state index is 0.0238. The average Bonchev–Trinajstić information content (AvgIpc) is 3.15. The highest BCUT2D eigenvalue weighted by Crippen LogP contribution is 2.40. The number of aryl methyl sites for hydroxylation is 2. The number of carbonyl (C=O) groups excluding carboxylic acids is 1. The van der Waals surface area contributed by atoms with Gasteiger partial charge in [-0.1, -0.05) is 71.2 Å². The number of azo groups is 1. The first kappa shape index (κ1) is 23.9. The number of aromatic hydroxyl groups is 1. The van der Waals surface area contributed by atoms with Gasteiger partial charge in [0.1, 0.15) is 0 Å². The summed E-state index contributed by atoms with van der Waals surface area (Å²) in [5, 5.41) is 20.8. The summed E-state index contributed by atoms with van der Waals surface area (Å²) in [4.78, 5) is 18.1. The van der Waals surface area contributed by atoms with Crippen molar-refractivity contribution in [3.8, 4) is 17.1 Å². The number of pyridine rings is 1. The Labute approximate surface area is 217 Å². The van der Waals surface area contributed by atoms with E-state index in [1.807, 2.05) is 78.2 Å². The number of para-hydroxylation sites is 1. The van der Waals surface area contributed by atoms with Crippen molar-refractivity contribution < 1.29 is 9.90 Å². The van der Waals surface area contributed by atoms with E-state index in [-0.39, 0.29) is 5.88 Å². The van der Waals surface area contributed by atoms with Crippen LogP contribution in [0.5, 0.6) is 5.88 Å². The highest BCUT2D eigenvalue weighted by molar-refractivity contribution is 9.10. The van der Waals surface area contributed by atoms with E-state index in [0.29, 0.717) is 34.4 Å². The molecule has 0 atom stereocenters. The Kier molecular flexibility index (Phi) is 6.65. The molecule has 6 nitrogen and oxygen atoms in total. The lowest BCUT2D eigenvalue weighted by Gasteiger charge is -2.07. The molecule has 0 fully saturated rings. The van der Waals surface area contributed by atoms with Crippen LogP contribution < -0.4 is 0 Å². The van der Waals surface area contributed by atoms with E-state index in [1.165, 1.54) is 0 Å². The van der Waals surface area contributed by atoms with Gasteiger partial charge >= 0.3 is 0 Å². The summed E-state index contributed by atoms with van der Waals surface area (Å²) >= 11 is 3.46. The largest absolute Gasteiger partial charge is 0.493 e. The molecule has 2 heterocycles. The number of halogens is 1. The van der Waals surface area contributed by atoms with Crippen molar-refractivity contribution in [2.24, 2.45) is 10.2 Å². The van der Waals surface area contributed by atoms with E-state index in [0.717, 1.165) is 39.3 Å². The molecule has 0 saturated heterocycles. The lowest BCUT2D eigenvalue weighted by Crippen LogP contribution is -1.99. The van der Waals surface area contributed by atoms with Crippen molar-refractivity contribution in [1.82, 2.24) is 9.55 Å². The number of nitrogens with zero attached hydrogens (tertiary/aromatic N) is 4. The molecule has 3 aromatic carbocycles. The zero-order valence-corrected chi connectivity index (χ0v) is 21.7. The maximum absolute atomic E-state index is 13.4. The summed E-state index contributed by atoms with van der Waals surface area (Å²) in [6.45, 7) is 4.75. The lowest BCUT2D eigenvalue weighted by atomic mass is 10.0. The van der Waals surface area contributed by atoms with Crippen molar-refractivity contribution in [3.63, 3.8) is 0 Å². The van der Waals surface area contributed by atoms with Gasteiger partial charge < -0.3 is 9.67 Å². The fourth-order valence-corrected chi connectivity index (χ4v) is 4.61. The van der Waals surface area contributed by atoms with E-state index in [4.69, 9.17) is 4.98 Å². The SMILES string of the molecule is CCCCn1c(O)c(N=NC(=O)c2cc(-c3ccc(Br)cc3)nc3ccccc23)c2cc(C)ccc21. The molecule has 0 aliphatic rings. The third-order valence-electron chi connectivity index (χ3n) is 6.23. The monoisotopic (exact) mass is 540 g/mol. The molecule has 0 spiro atoms. The maximum Gasteiger partial charge on any atom is 0.296 e. The maximum atomic E-state index is 13.4. The Morgan fingerprint density at radius 3 is 2.58 bits per heavy atom. The van der Waals surface area contributed by atoms with E-state index in [1.54, 1.807) is 6.07 Å². The zero-order chi connectivity index (χ0) is 25.2. The van der Waals surface area contributed by atoms with Crippen LogP contribution in [0.1, 0.15) is 35.7 Å². The van der Waals surface area contributed by atoms with Crippen LogP contribution in [0, 0.1) is 6.92 Å². The Bertz CT molecular complexity index is 1620. The molecule has 5 aromatic rings. The Balaban J connectivity index is 1.59. The van der Waals surface area contributed by atoms with Gasteiger partial charge in [0.05, 0.1) is 22.3 Å². The second-order valence-corrected chi connectivity index (χ2v) is 9.70. The summed E-state index contributed by atoms with van der Waals surface area (Å²) in [5.74, 6) is -0.468. The standard InChI is InChI=1S/C29H25BrN4O2/c1-3-4-15-34-26-14-9-18(2)16-23(26)27(29(34)36)32-33-28(35)22-17-25(19-10-12-20(30)13-11-19)31-24-8-6-5-7-21(22)24/h5-14,16-17,36H,3-4,15H2,1-2H3. The summed E-state index contributed by atoms with van der Waals surface area (Å²) in [6, 6.07) is 22.9. The van der Waals surface area contributed by atoms with Gasteiger partial charge in [-0.2, -0.15) is 0 Å². The van der Waals surface area contributed by atoms with Gasteiger partial charge in [-0.05, 0) is 49.7 Å². The molecule has 0 aliphatic heterocycles. The third-order valence-corrected chi connectivity index (χ3v) is 6.76. The van der Waals surface area contributed by atoms with Crippen LogP contribution in [-0.2, 0) is 6.54 Å². The van der Waals surface area contributed by atoms with Crippen LogP contribution in [-0.4, -0.2) is 20.6 Å². The molecule has 1 N–H and O–H groups in total. The van der Waals surface area contributed by atoms with Crippen LogP contribution in [0.4, 0.5) is 5.69 Å². The summed E-state index contributed by atoms with van der Waals surface area (Å²) in [6.07, 6.45) is 1.92. The lowest BCUT2D eigenvalue weighted by molar-refractivity contribution is 0.0996. The predicted molar refractivity (Wildman–Crippen MR) is 147 cm³/mol. The van der Waals surface area contributed by atoms with Gasteiger partial charge in [-0.3, -0.25) is 4.79 Å². The van der Waals surface area contributed by atoms with E-state index >= 15 is 0 Å². The molecule has 0 unspecified atom stereocenters. The number of aromatic nitrogens is 2. The second kappa shape index (κ2) is 10.0. The fraction of sp³-hybridized carbons (Fsp3) is 0.172. The molecule has 7 heteroatoms. The summed E-state index contributed by atoms with van der Waals surface area (Å²) in [7, 11) is 0. The predicted octanol–water partition coefficient (Wildman–Crippen LogP) is 8.36. The minimum atomic E-state index is -0.492. The van der Waals surface area contributed by atoms with Crippen LogP contribution in [0.25, 0.3) is 33.1 Å². The van der Waals surface area contributed by atoms with Crippen molar-refractivity contribution in [1.29, 1.82) is 0 Å². The average molecular weight is 541 g/mol. The number of carbonyl (C=O) groups is 1. The molecule has 0 bridgehead atoms. The van der Waals surface area contributed by atoms with Crippen LogP contribution >= 0.6 is 15.9 Å². The summed E-state index contributed by atoms with van der Waals surface area (Å²) < 4.78 is 2.80. The number of hydrogen-bond donors (Lipinski definition) is 1. The van der Waals surface area contributed by atoms with E-state index in [2.05, 4.69) is 33.1 Å². The van der Waals surface area contributed by atoms with Crippen molar-refractivity contribution in [3.05, 3.63) is 88.4 Å². The molecule has 180 valence electrons. The molecule has 1 amide bonds. The zero-order valence-electron chi connectivity index (χ0n) is 20.1. The van der Waals surface area contributed by atoms with Crippen LogP contribution in [0.15, 0.2) is 87.5 Å². The highest BCUT2D eigenvalue weighted by Gasteiger charge is 2.18. The van der Waals surface area contributed by atoms with E-state index in [9.17, 15) is 9.90 Å². The van der Waals surface area contributed by atoms with Crippen molar-refractivity contribution >= 4 is 49.3 Å². The first-order valence-corrected chi connectivity index (χ1v) is 12.7. The molecule has 0 radical (unpaired) electrons. The smallest absolute Gasteiger partial charge is 0.296 e. The van der Waals surface area contributed by atoms with Crippen LogP contribution in [0.2, 0.25) is 0 Å².